The van der Waals surface area contributed by atoms with Gasteiger partial charge in [-0.25, -0.2) is 10.4 Å². The molecule has 1 unspecified atom stereocenters. The number of ketones is 1. The molecule has 1 aromatic rings. The van der Waals surface area contributed by atoms with Crippen molar-refractivity contribution in [2.45, 2.75) is 24.3 Å². The van der Waals surface area contributed by atoms with Gasteiger partial charge in [0, 0.05) is 22.8 Å². The quantitative estimate of drug-likeness (QED) is 0.634. The van der Waals surface area contributed by atoms with Crippen LogP contribution in [0.3, 0.4) is 0 Å². The topological polar surface area (TPSA) is 43.4 Å². The van der Waals surface area contributed by atoms with Crippen LogP contribution in [0.4, 0.5) is 0 Å². The Bertz CT molecular complexity index is 755. The summed E-state index contributed by atoms with van der Waals surface area (Å²) in [5.74, 6) is -0.181. The van der Waals surface area contributed by atoms with Crippen molar-refractivity contribution >= 4 is 32.6 Å². The molecule has 2 aliphatic rings. The van der Waals surface area contributed by atoms with Crippen LogP contribution in [0.25, 0.3) is 0 Å². The molecule has 0 amide bonds. The first-order chi connectivity index (χ1) is 10.1. The van der Waals surface area contributed by atoms with Gasteiger partial charge in [-0.2, -0.15) is 0 Å². The molecule has 3 rings (SSSR count). The molecule has 1 atom stereocenters. The highest BCUT2D eigenvalue weighted by Crippen LogP contribution is 2.31. The van der Waals surface area contributed by atoms with Crippen molar-refractivity contribution in [3.63, 3.8) is 0 Å². The Morgan fingerprint density at radius 3 is 2.86 bits per heavy atom. The summed E-state index contributed by atoms with van der Waals surface area (Å²) in [6.07, 6.45) is 3.81. The van der Waals surface area contributed by atoms with E-state index in [1.165, 1.54) is 0 Å². The fourth-order valence-corrected chi connectivity index (χ4v) is 4.33. The Morgan fingerprint density at radius 2 is 2.10 bits per heavy atom. The van der Waals surface area contributed by atoms with Crippen LogP contribution in [0, 0.1) is 0 Å². The number of rotatable bonds is 3. The molecule has 1 heterocycles. The second-order valence-corrected chi connectivity index (χ2v) is 6.66. The fraction of sp³-hybridized carbons (Fsp3) is 0.250. The minimum atomic E-state index is -1.43. The molecule has 1 aromatic carbocycles. The van der Waals surface area contributed by atoms with Crippen molar-refractivity contribution in [2.75, 3.05) is 6.61 Å². The second kappa shape index (κ2) is 5.79. The first-order valence-corrected chi connectivity index (χ1v) is 8.30. The zero-order chi connectivity index (χ0) is 15.0. The van der Waals surface area contributed by atoms with Gasteiger partial charge in [-0.05, 0) is 12.5 Å². The van der Waals surface area contributed by atoms with Crippen LogP contribution >= 0.6 is 11.6 Å². The van der Waals surface area contributed by atoms with Gasteiger partial charge in [-0.3, -0.25) is 4.79 Å². The lowest BCUT2D eigenvalue weighted by Gasteiger charge is -2.33. The zero-order valence-corrected chi connectivity index (χ0v) is 13.0. The third-order valence-electron chi connectivity index (χ3n) is 3.42. The van der Waals surface area contributed by atoms with Gasteiger partial charge in [0.05, 0.1) is 6.10 Å². The Morgan fingerprint density at radius 1 is 1.33 bits per heavy atom. The van der Waals surface area contributed by atoms with Gasteiger partial charge >= 0.3 is 0 Å². The van der Waals surface area contributed by atoms with Gasteiger partial charge in [0.2, 0.25) is 0 Å². The molecule has 3 nitrogen and oxygen atoms in total. The lowest BCUT2D eigenvalue weighted by molar-refractivity contribution is 0.102. The van der Waals surface area contributed by atoms with Crippen LogP contribution < -0.4 is 0 Å². The highest BCUT2D eigenvalue weighted by atomic mass is 35.5. The molecule has 0 radical (unpaired) electrons. The van der Waals surface area contributed by atoms with E-state index < -0.39 is 16.5 Å². The summed E-state index contributed by atoms with van der Waals surface area (Å²) in [5.41, 5.74) is 0.787. The second-order valence-electron chi connectivity index (χ2n) is 4.83. The van der Waals surface area contributed by atoms with Crippen LogP contribution in [-0.4, -0.2) is 23.4 Å². The van der Waals surface area contributed by atoms with E-state index in [1.54, 1.807) is 36.4 Å². The summed E-state index contributed by atoms with van der Waals surface area (Å²) >= 11 is 6.18. The van der Waals surface area contributed by atoms with E-state index in [4.69, 9.17) is 16.3 Å². The molecule has 0 aromatic heterocycles. The summed E-state index contributed by atoms with van der Waals surface area (Å²) in [4.78, 5) is 13.6. The summed E-state index contributed by atoms with van der Waals surface area (Å²) in [7, 11) is -1.43. The van der Waals surface area contributed by atoms with Crippen molar-refractivity contribution in [3.8, 4) is 0 Å². The molecule has 21 heavy (non-hydrogen) atoms. The van der Waals surface area contributed by atoms with Gasteiger partial charge in [0.1, 0.15) is 0 Å². The summed E-state index contributed by atoms with van der Waals surface area (Å²) in [5, 5.41) is 0.328. The highest BCUT2D eigenvalue weighted by Gasteiger charge is 2.29. The molecule has 0 saturated carbocycles. The van der Waals surface area contributed by atoms with Gasteiger partial charge in [0.25, 0.3) is 0 Å². The van der Waals surface area contributed by atoms with Crippen LogP contribution in [0.15, 0.2) is 51.9 Å². The van der Waals surface area contributed by atoms with Crippen molar-refractivity contribution in [1.29, 1.82) is 0 Å². The fourth-order valence-electron chi connectivity index (χ4n) is 2.47. The lowest BCUT2D eigenvalue weighted by Crippen LogP contribution is -2.35. The van der Waals surface area contributed by atoms with E-state index in [1.807, 2.05) is 6.92 Å². The van der Waals surface area contributed by atoms with E-state index in [2.05, 4.69) is 0 Å². The molecule has 0 saturated heterocycles. The Balaban J connectivity index is 2.22. The van der Waals surface area contributed by atoms with E-state index in [9.17, 15) is 9.00 Å². The van der Waals surface area contributed by atoms with Crippen LogP contribution in [0.1, 0.15) is 23.7 Å². The van der Waals surface area contributed by atoms with Crippen LogP contribution in [0.2, 0.25) is 0 Å². The number of carbonyl (C=O) groups excluding carboxylic acids is 1. The SMILES string of the molecule is CCCOC1C=CC(Cl)=C2C(=O)c3ccccc3[S-](=O)=C21. The zero-order valence-electron chi connectivity index (χ0n) is 11.5. The van der Waals surface area contributed by atoms with Crippen LogP contribution in [-0.2, 0) is 19.3 Å². The van der Waals surface area contributed by atoms with Crippen molar-refractivity contribution in [3.05, 3.63) is 52.6 Å². The van der Waals surface area contributed by atoms with Crippen molar-refractivity contribution < 1.29 is 13.7 Å². The predicted octanol–water partition coefficient (Wildman–Crippen LogP) is 3.24. The molecule has 0 N–H and O–H groups in total. The number of Topliss-reactive ketones (excluding diaryl/α,β-unsaturated/α-hetero) is 1. The van der Waals surface area contributed by atoms with E-state index >= 15 is 0 Å². The number of allylic oxidation sites excluding steroid dienone is 2. The summed E-state index contributed by atoms with van der Waals surface area (Å²) in [6, 6.07) is 6.94. The van der Waals surface area contributed by atoms with Gasteiger partial charge in [0.15, 0.2) is 5.78 Å². The highest BCUT2D eigenvalue weighted by molar-refractivity contribution is 7.86. The molecule has 110 valence electrons. The summed E-state index contributed by atoms with van der Waals surface area (Å²) < 4.78 is 18.6. The average Bonchev–Trinajstić information content (AvgIpc) is 2.51. The Hall–Kier alpha value is -1.36. The van der Waals surface area contributed by atoms with E-state index in [0.717, 1.165) is 6.42 Å². The van der Waals surface area contributed by atoms with Gasteiger partial charge in [-0.1, -0.05) is 53.7 Å². The number of hydrogen-bond donors (Lipinski definition) is 0. The number of hydrogen-bond acceptors (Lipinski definition) is 4. The molecular weight excluding hydrogens is 308 g/mol. The standard InChI is InChI=1S/C16H14ClO3S/c1-2-9-20-12-8-7-11(17)14-15(18)10-5-3-4-6-13(10)21(19)16(12)14/h3-8,12H,2,9H2,1H3/q-1. The molecule has 0 spiro atoms. The van der Waals surface area contributed by atoms with Gasteiger partial charge in [-0.15, -0.1) is 4.90 Å². The monoisotopic (exact) mass is 321 g/mol. The molecular formula is C16H14ClO3S-. The maximum atomic E-state index is 12.8. The molecule has 1 aliphatic carbocycles. The third-order valence-corrected chi connectivity index (χ3v) is 5.33. The minimum absolute atomic E-state index is 0.181. The largest absolute Gasteiger partial charge is 0.457 e. The van der Waals surface area contributed by atoms with Crippen molar-refractivity contribution in [2.24, 2.45) is 0 Å². The maximum Gasteiger partial charge on any atom is 0.191 e. The first-order valence-electron chi connectivity index (χ1n) is 6.77. The third kappa shape index (κ3) is 2.37. The number of halogens is 1. The van der Waals surface area contributed by atoms with Crippen molar-refractivity contribution in [1.82, 2.24) is 0 Å². The number of fused-ring (bicyclic) bond motifs is 2. The first kappa shape index (κ1) is 14.6. The van der Waals surface area contributed by atoms with E-state index in [-0.39, 0.29) is 5.78 Å². The Labute approximate surface area is 130 Å². The number of ether oxygens (including phenoxy) is 1. The minimum Gasteiger partial charge on any atom is -0.457 e. The average molecular weight is 322 g/mol. The van der Waals surface area contributed by atoms with Crippen LogP contribution in [0.5, 0.6) is 0 Å². The predicted molar refractivity (Wildman–Crippen MR) is 84.1 cm³/mol. The maximum absolute atomic E-state index is 12.8. The summed E-state index contributed by atoms with van der Waals surface area (Å²) in [6.45, 7) is 2.54. The normalized spacial score (nSPS) is 21.5. The lowest BCUT2D eigenvalue weighted by atomic mass is 9.94. The Kier molecular flexibility index (Phi) is 4.02. The number of carbonyl (C=O) groups is 1. The smallest absolute Gasteiger partial charge is 0.191 e. The van der Waals surface area contributed by atoms with Gasteiger partial charge < -0.3 is 8.95 Å². The molecule has 0 bridgehead atoms. The van der Waals surface area contributed by atoms with E-state index in [0.29, 0.717) is 32.5 Å². The number of benzene rings is 1. The molecule has 1 aliphatic heterocycles. The molecule has 0 fully saturated rings. The molecule has 5 heteroatoms.